The molecule has 1 saturated carbocycles. The Balaban J connectivity index is 0.00000192. The van der Waals surface area contributed by atoms with E-state index in [2.05, 4.69) is 0 Å². The van der Waals surface area contributed by atoms with Gasteiger partial charge < -0.3 is 14.7 Å². The highest BCUT2D eigenvalue weighted by Gasteiger charge is 2.54. The zero-order valence-electron chi connectivity index (χ0n) is 13.9. The number of amides is 1. The maximum absolute atomic E-state index is 12.5. The molecule has 3 fully saturated rings. The van der Waals surface area contributed by atoms with Gasteiger partial charge in [0.1, 0.15) is 0 Å². The Morgan fingerprint density at radius 2 is 1.87 bits per heavy atom. The van der Waals surface area contributed by atoms with Crippen LogP contribution in [0.3, 0.4) is 0 Å². The Morgan fingerprint density at radius 1 is 1.22 bits per heavy atom. The molecular weight excluding hydrogens is 320 g/mol. The second-order valence-corrected chi connectivity index (χ2v) is 7.28. The Hall–Kier alpha value is -0.850. The van der Waals surface area contributed by atoms with Crippen LogP contribution in [0.1, 0.15) is 33.1 Å². The average molecular weight is 347 g/mol. The fraction of sp³-hybridized carbons (Fsp3) is 0.875. The molecule has 6 nitrogen and oxygen atoms in total. The average Bonchev–Trinajstić information content (AvgIpc) is 2.94. The molecule has 2 heterocycles. The lowest BCUT2D eigenvalue weighted by atomic mass is 9.81. The number of morpholine rings is 1. The summed E-state index contributed by atoms with van der Waals surface area (Å²) in [4.78, 5) is 28.1. The predicted molar refractivity (Wildman–Crippen MR) is 87.7 cm³/mol. The number of rotatable bonds is 3. The van der Waals surface area contributed by atoms with Gasteiger partial charge in [0.15, 0.2) is 0 Å². The van der Waals surface area contributed by atoms with Crippen molar-refractivity contribution in [2.45, 2.75) is 45.3 Å². The highest BCUT2D eigenvalue weighted by molar-refractivity contribution is 5.85. The summed E-state index contributed by atoms with van der Waals surface area (Å²) in [6.45, 7) is 6.83. The molecule has 1 N–H and O–H groups in total. The first kappa shape index (κ1) is 18.5. The van der Waals surface area contributed by atoms with E-state index in [0.717, 1.165) is 25.8 Å². The van der Waals surface area contributed by atoms with E-state index >= 15 is 0 Å². The van der Waals surface area contributed by atoms with Gasteiger partial charge in [0, 0.05) is 26.2 Å². The number of carbonyl (C=O) groups excluding carboxylic acids is 1. The van der Waals surface area contributed by atoms with Crippen molar-refractivity contribution in [2.24, 2.45) is 11.3 Å². The van der Waals surface area contributed by atoms with Crippen LogP contribution < -0.4 is 0 Å². The van der Waals surface area contributed by atoms with Crippen molar-refractivity contribution in [3.05, 3.63) is 0 Å². The molecule has 7 heteroatoms. The molecule has 0 radical (unpaired) electrons. The summed E-state index contributed by atoms with van der Waals surface area (Å²) in [7, 11) is 0. The van der Waals surface area contributed by atoms with Crippen molar-refractivity contribution in [3.8, 4) is 0 Å². The van der Waals surface area contributed by atoms with Gasteiger partial charge in [0.2, 0.25) is 5.91 Å². The normalized spacial score (nSPS) is 37.3. The van der Waals surface area contributed by atoms with E-state index in [4.69, 9.17) is 4.74 Å². The highest BCUT2D eigenvalue weighted by Crippen LogP contribution is 2.48. The lowest BCUT2D eigenvalue weighted by molar-refractivity contribution is -0.150. The number of likely N-dealkylation sites (tertiary alicyclic amines) is 1. The van der Waals surface area contributed by atoms with E-state index in [1.165, 1.54) is 0 Å². The first-order chi connectivity index (χ1) is 10.4. The summed E-state index contributed by atoms with van der Waals surface area (Å²) in [6.07, 6.45) is 2.86. The monoisotopic (exact) mass is 346 g/mol. The molecule has 1 amide bonds. The van der Waals surface area contributed by atoms with Crippen molar-refractivity contribution < 1.29 is 19.4 Å². The minimum Gasteiger partial charge on any atom is -0.481 e. The molecule has 132 valence electrons. The number of carbonyl (C=O) groups is 2. The standard InChI is InChI=1S/C16H26N2O4.ClH/c1-11-6-18(7-12(2)22-11)14(19)9-17-8-13-4-3-5-16(13,10-17)15(20)21;/h11-13H,3-10H2,1-2H3,(H,20,21);1H/t11?,12?,13-,16+;/m0./s1. The van der Waals surface area contributed by atoms with Gasteiger partial charge in [-0.1, -0.05) is 6.42 Å². The van der Waals surface area contributed by atoms with E-state index in [1.807, 2.05) is 23.6 Å². The molecule has 0 aromatic carbocycles. The Morgan fingerprint density at radius 3 is 2.43 bits per heavy atom. The Bertz CT molecular complexity index is 465. The Labute approximate surface area is 143 Å². The van der Waals surface area contributed by atoms with Gasteiger partial charge in [-0.3, -0.25) is 14.5 Å². The first-order valence-electron chi connectivity index (χ1n) is 8.30. The summed E-state index contributed by atoms with van der Waals surface area (Å²) >= 11 is 0. The van der Waals surface area contributed by atoms with Crippen molar-refractivity contribution in [1.82, 2.24) is 9.80 Å². The van der Waals surface area contributed by atoms with Crippen LogP contribution in [0.4, 0.5) is 0 Å². The lowest BCUT2D eigenvalue weighted by Gasteiger charge is -2.36. The van der Waals surface area contributed by atoms with Crippen LogP contribution in [0.2, 0.25) is 0 Å². The van der Waals surface area contributed by atoms with E-state index < -0.39 is 11.4 Å². The van der Waals surface area contributed by atoms with Crippen LogP contribution in [0.25, 0.3) is 0 Å². The lowest BCUT2D eigenvalue weighted by Crippen LogP contribution is -2.51. The van der Waals surface area contributed by atoms with Gasteiger partial charge >= 0.3 is 5.97 Å². The molecule has 2 unspecified atom stereocenters. The van der Waals surface area contributed by atoms with E-state index in [-0.39, 0.29) is 36.4 Å². The minimum absolute atomic E-state index is 0. The van der Waals surface area contributed by atoms with Gasteiger partial charge in [-0.15, -0.1) is 12.4 Å². The molecular formula is C16H27ClN2O4. The number of carboxylic acids is 1. The van der Waals surface area contributed by atoms with Crippen LogP contribution in [0, 0.1) is 11.3 Å². The fourth-order valence-corrected chi connectivity index (χ4v) is 4.54. The molecule has 0 aromatic heterocycles. The van der Waals surface area contributed by atoms with Gasteiger partial charge in [-0.25, -0.2) is 0 Å². The van der Waals surface area contributed by atoms with E-state index in [9.17, 15) is 14.7 Å². The third-order valence-electron chi connectivity index (χ3n) is 5.50. The molecule has 4 atom stereocenters. The third-order valence-corrected chi connectivity index (χ3v) is 5.50. The van der Waals surface area contributed by atoms with Crippen molar-refractivity contribution >= 4 is 24.3 Å². The van der Waals surface area contributed by atoms with Crippen LogP contribution in [-0.4, -0.2) is 71.7 Å². The maximum Gasteiger partial charge on any atom is 0.311 e. The Kier molecular flexibility index (Phi) is 5.59. The minimum atomic E-state index is -0.682. The fourth-order valence-electron chi connectivity index (χ4n) is 4.54. The summed E-state index contributed by atoms with van der Waals surface area (Å²) in [6, 6.07) is 0. The summed E-state index contributed by atoms with van der Waals surface area (Å²) in [5.74, 6) is -0.374. The zero-order chi connectivity index (χ0) is 15.9. The van der Waals surface area contributed by atoms with Crippen LogP contribution in [-0.2, 0) is 14.3 Å². The van der Waals surface area contributed by atoms with Crippen LogP contribution in [0.5, 0.6) is 0 Å². The number of nitrogens with zero attached hydrogens (tertiary/aromatic N) is 2. The molecule has 0 spiro atoms. The molecule has 3 aliphatic rings. The first-order valence-corrected chi connectivity index (χ1v) is 8.30. The van der Waals surface area contributed by atoms with Gasteiger partial charge in [0.05, 0.1) is 24.2 Å². The number of carboxylic acid groups (broad SMARTS) is 1. The summed E-state index contributed by atoms with van der Waals surface area (Å²) < 4.78 is 5.66. The number of hydrogen-bond donors (Lipinski definition) is 1. The number of aliphatic carboxylic acids is 1. The van der Waals surface area contributed by atoms with Gasteiger partial charge in [-0.2, -0.15) is 0 Å². The van der Waals surface area contributed by atoms with Crippen molar-refractivity contribution in [3.63, 3.8) is 0 Å². The summed E-state index contributed by atoms with van der Waals surface area (Å²) in [5, 5.41) is 9.61. The number of halogens is 1. The number of fused-ring (bicyclic) bond motifs is 1. The SMILES string of the molecule is CC1CN(C(=O)CN2C[C@@H]3CCC[C@@]3(C(=O)O)C2)CC(C)O1.Cl. The quantitative estimate of drug-likeness (QED) is 0.832. The van der Waals surface area contributed by atoms with Gasteiger partial charge in [0.25, 0.3) is 0 Å². The van der Waals surface area contributed by atoms with E-state index in [0.29, 0.717) is 26.2 Å². The summed E-state index contributed by atoms with van der Waals surface area (Å²) in [5.41, 5.74) is -0.605. The molecule has 1 aliphatic carbocycles. The topological polar surface area (TPSA) is 70.1 Å². The maximum atomic E-state index is 12.5. The second kappa shape index (κ2) is 6.95. The molecule has 3 rings (SSSR count). The van der Waals surface area contributed by atoms with E-state index in [1.54, 1.807) is 0 Å². The zero-order valence-corrected chi connectivity index (χ0v) is 14.7. The molecule has 23 heavy (non-hydrogen) atoms. The highest BCUT2D eigenvalue weighted by atomic mass is 35.5. The van der Waals surface area contributed by atoms with Crippen molar-refractivity contribution in [1.29, 1.82) is 0 Å². The smallest absolute Gasteiger partial charge is 0.311 e. The van der Waals surface area contributed by atoms with Crippen LogP contribution in [0.15, 0.2) is 0 Å². The molecule has 0 aromatic rings. The molecule has 2 saturated heterocycles. The number of hydrogen-bond acceptors (Lipinski definition) is 4. The van der Waals surface area contributed by atoms with Crippen LogP contribution >= 0.6 is 12.4 Å². The second-order valence-electron chi connectivity index (χ2n) is 7.28. The van der Waals surface area contributed by atoms with Crippen molar-refractivity contribution in [2.75, 3.05) is 32.7 Å². The number of ether oxygens (including phenoxy) is 1. The van der Waals surface area contributed by atoms with Gasteiger partial charge in [-0.05, 0) is 32.6 Å². The predicted octanol–water partition coefficient (Wildman–Crippen LogP) is 1.23. The molecule has 0 bridgehead atoms. The third kappa shape index (κ3) is 3.49. The largest absolute Gasteiger partial charge is 0.481 e. The molecule has 2 aliphatic heterocycles.